The van der Waals surface area contributed by atoms with Crippen LogP contribution in [-0.2, 0) is 27.3 Å². The fourth-order valence-electron chi connectivity index (χ4n) is 3.95. The molecular formula is C22H26Cl2OTi. The first kappa shape index (κ1) is 25.4. The zero-order valence-corrected chi connectivity index (χ0v) is 19.3. The van der Waals surface area contributed by atoms with Crippen molar-refractivity contribution in [1.29, 1.82) is 0 Å². The van der Waals surface area contributed by atoms with E-state index in [2.05, 4.69) is 64.1 Å². The van der Waals surface area contributed by atoms with Crippen LogP contribution in [0.25, 0.3) is 16.3 Å². The van der Waals surface area contributed by atoms with Crippen molar-refractivity contribution in [1.82, 2.24) is 0 Å². The van der Waals surface area contributed by atoms with E-state index in [4.69, 9.17) is 0 Å². The minimum atomic E-state index is -0.881. The molecule has 0 radical (unpaired) electrons. The summed E-state index contributed by atoms with van der Waals surface area (Å²) in [6.45, 7) is 12.7. The van der Waals surface area contributed by atoms with E-state index in [1.807, 2.05) is 13.8 Å². The summed E-state index contributed by atoms with van der Waals surface area (Å²) in [5, 5.41) is 13.2. The van der Waals surface area contributed by atoms with Crippen molar-refractivity contribution in [3.05, 3.63) is 64.2 Å². The zero-order valence-electron chi connectivity index (χ0n) is 16.2. The Morgan fingerprint density at radius 3 is 1.96 bits per heavy atom. The van der Waals surface area contributed by atoms with Gasteiger partial charge in [-0.15, -0.1) is 0 Å². The largest absolute Gasteiger partial charge is 2.00 e. The van der Waals surface area contributed by atoms with Crippen molar-refractivity contribution in [2.45, 2.75) is 47.1 Å². The van der Waals surface area contributed by atoms with Gasteiger partial charge in [-0.05, 0) is 73.2 Å². The minimum Gasteiger partial charge on any atom is -1.00 e. The molecule has 1 N–H and O–H groups in total. The van der Waals surface area contributed by atoms with Crippen molar-refractivity contribution in [2.75, 3.05) is 0 Å². The van der Waals surface area contributed by atoms with Crippen LogP contribution in [0.1, 0.15) is 52.7 Å². The first-order chi connectivity index (χ1) is 10.7. The molecule has 0 spiro atoms. The summed E-state index contributed by atoms with van der Waals surface area (Å²) in [4.78, 5) is 0. The van der Waals surface area contributed by atoms with Crippen LogP contribution >= 0.6 is 0 Å². The Bertz CT molecular complexity index is 860. The summed E-state index contributed by atoms with van der Waals surface area (Å²) in [7, 11) is 0. The number of fused-ring (bicyclic) bond motifs is 1. The van der Waals surface area contributed by atoms with E-state index < -0.39 is 5.60 Å². The van der Waals surface area contributed by atoms with Gasteiger partial charge in [-0.1, -0.05) is 48.9 Å². The molecular weight excluding hydrogens is 399 g/mol. The van der Waals surface area contributed by atoms with Crippen molar-refractivity contribution >= 4 is 16.3 Å². The normalized spacial score (nSPS) is 17.0. The Hall–Kier alpha value is -0.566. The summed E-state index contributed by atoms with van der Waals surface area (Å²) < 4.78 is 0. The van der Waals surface area contributed by atoms with Crippen molar-refractivity contribution in [3.8, 4) is 0 Å². The number of allylic oxidation sites excluding steroid dienone is 4. The third-order valence-corrected chi connectivity index (χ3v) is 5.47. The summed E-state index contributed by atoms with van der Waals surface area (Å²) >= 11 is 0. The second-order valence-corrected chi connectivity index (χ2v) is 7.34. The second kappa shape index (κ2) is 9.08. The van der Waals surface area contributed by atoms with Crippen LogP contribution in [0.15, 0.2) is 53.1 Å². The molecule has 4 heteroatoms. The molecule has 0 amide bonds. The van der Waals surface area contributed by atoms with Crippen LogP contribution in [0.3, 0.4) is 0 Å². The molecule has 3 rings (SSSR count). The van der Waals surface area contributed by atoms with E-state index >= 15 is 0 Å². The molecule has 0 saturated heterocycles. The summed E-state index contributed by atoms with van der Waals surface area (Å²) in [5.41, 5.74) is 6.90. The number of benzene rings is 2. The van der Waals surface area contributed by atoms with E-state index in [9.17, 15) is 5.11 Å². The average Bonchev–Trinajstić information content (AvgIpc) is 2.69. The van der Waals surface area contributed by atoms with Gasteiger partial charge in [0.2, 0.25) is 0 Å². The maximum absolute atomic E-state index is 10.9. The predicted molar refractivity (Wildman–Crippen MR) is 99.3 cm³/mol. The maximum atomic E-state index is 10.9. The molecule has 0 bridgehead atoms. The number of hydrogen-bond acceptors (Lipinski definition) is 1. The molecule has 1 aliphatic carbocycles. The first-order valence-corrected chi connectivity index (χ1v) is 8.37. The molecule has 1 atom stereocenters. The third-order valence-electron chi connectivity index (χ3n) is 5.47. The Morgan fingerprint density at radius 1 is 0.885 bits per heavy atom. The summed E-state index contributed by atoms with van der Waals surface area (Å²) in [6.07, 6.45) is 0. The Kier molecular flexibility index (Phi) is 8.89. The SMILES string of the molecule is CC1=C(C)C(C)C(c2ccc3ccccc3c2C(C)(C)O)=C1C.[Cl-].[Cl-].[Ti+2]. The standard InChI is InChI=1S/C22H26O.2ClH.Ti/c1-13-14(2)16(4)20(15(13)3)19-12-11-17-9-7-8-10-18(17)21(19)22(5,6)23;;;/h7-12,15,23H,1-6H3;2*1H;/q;;;+2/p-2. The molecule has 0 aliphatic heterocycles. The van der Waals surface area contributed by atoms with Gasteiger partial charge in [0.05, 0.1) is 5.60 Å². The van der Waals surface area contributed by atoms with E-state index in [0.29, 0.717) is 5.92 Å². The molecule has 0 aromatic heterocycles. The number of aliphatic hydroxyl groups is 1. The second-order valence-electron chi connectivity index (χ2n) is 7.34. The van der Waals surface area contributed by atoms with Crippen molar-refractivity contribution in [3.63, 3.8) is 0 Å². The summed E-state index contributed by atoms with van der Waals surface area (Å²) in [6, 6.07) is 12.7. The molecule has 2 aromatic rings. The van der Waals surface area contributed by atoms with Gasteiger partial charge in [0.1, 0.15) is 0 Å². The van der Waals surface area contributed by atoms with Crippen LogP contribution in [0, 0.1) is 5.92 Å². The number of halogens is 2. The van der Waals surface area contributed by atoms with Gasteiger partial charge in [0.25, 0.3) is 0 Å². The van der Waals surface area contributed by atoms with Gasteiger partial charge < -0.3 is 29.9 Å². The predicted octanol–water partition coefficient (Wildman–Crippen LogP) is -0.168. The number of hydrogen-bond donors (Lipinski definition) is 1. The van der Waals surface area contributed by atoms with Gasteiger partial charge in [0.15, 0.2) is 0 Å². The van der Waals surface area contributed by atoms with Crippen LogP contribution in [-0.4, -0.2) is 5.11 Å². The van der Waals surface area contributed by atoms with Crippen LogP contribution in [0.2, 0.25) is 0 Å². The molecule has 138 valence electrons. The third kappa shape index (κ3) is 4.13. The van der Waals surface area contributed by atoms with Gasteiger partial charge >= 0.3 is 21.7 Å². The van der Waals surface area contributed by atoms with Crippen molar-refractivity contribution < 1.29 is 51.6 Å². The van der Waals surface area contributed by atoms with Gasteiger partial charge in [-0.2, -0.15) is 0 Å². The van der Waals surface area contributed by atoms with Crippen LogP contribution in [0.4, 0.5) is 0 Å². The molecule has 1 nitrogen and oxygen atoms in total. The minimum absolute atomic E-state index is 0. The molecule has 2 aromatic carbocycles. The van der Waals surface area contributed by atoms with E-state index in [-0.39, 0.29) is 46.5 Å². The van der Waals surface area contributed by atoms with Gasteiger partial charge in [-0.3, -0.25) is 0 Å². The molecule has 1 aliphatic rings. The fraction of sp³-hybridized carbons (Fsp3) is 0.364. The van der Waals surface area contributed by atoms with Crippen LogP contribution < -0.4 is 24.8 Å². The van der Waals surface area contributed by atoms with E-state index in [1.165, 1.54) is 33.2 Å². The van der Waals surface area contributed by atoms with Crippen molar-refractivity contribution in [2.24, 2.45) is 5.92 Å². The Balaban J connectivity index is 0.00000208. The maximum Gasteiger partial charge on any atom is 2.00 e. The molecule has 1 unspecified atom stereocenters. The van der Waals surface area contributed by atoms with Gasteiger partial charge in [-0.25, -0.2) is 0 Å². The average molecular weight is 425 g/mol. The smallest absolute Gasteiger partial charge is 1.00 e. The zero-order chi connectivity index (χ0) is 16.9. The molecule has 0 saturated carbocycles. The Morgan fingerprint density at radius 2 is 1.46 bits per heavy atom. The molecule has 0 fully saturated rings. The molecule has 0 heterocycles. The van der Waals surface area contributed by atoms with E-state index in [0.717, 1.165) is 10.9 Å². The number of rotatable bonds is 2. The topological polar surface area (TPSA) is 20.2 Å². The Labute approximate surface area is 184 Å². The summed E-state index contributed by atoms with van der Waals surface area (Å²) in [5.74, 6) is 0.400. The van der Waals surface area contributed by atoms with Gasteiger partial charge in [0, 0.05) is 5.92 Å². The first-order valence-electron chi connectivity index (χ1n) is 8.37. The fourth-order valence-corrected chi connectivity index (χ4v) is 3.95. The van der Waals surface area contributed by atoms with E-state index in [1.54, 1.807) is 0 Å². The monoisotopic (exact) mass is 424 g/mol. The quantitative estimate of drug-likeness (QED) is 0.664. The van der Waals surface area contributed by atoms with Crippen LogP contribution in [0.5, 0.6) is 0 Å². The molecule has 26 heavy (non-hydrogen) atoms.